The minimum atomic E-state index is -3.19. The van der Waals surface area contributed by atoms with Gasteiger partial charge in [-0.05, 0) is 183 Å². The number of methoxy groups -OCH3 is 2. The smallest absolute Gasteiger partial charge is 0.870 e. The summed E-state index contributed by atoms with van der Waals surface area (Å²) < 4.78 is 111. The van der Waals surface area contributed by atoms with Gasteiger partial charge in [0.15, 0.2) is 5.78 Å². The van der Waals surface area contributed by atoms with E-state index in [9.17, 15) is 58.1 Å². The molecule has 0 amide bonds. The SMILES string of the molecule is C.COC(=O)c1ccc(-c2nc(Nc3cnn(C4CCN(S(C)(=O)=O)CC4)c3)ncc2C)cc1.COC(=O)c1ccc(-c2nc(Nc3cnn(C4CCNCC4)c3)ncc2C)cc1.CS(=O)(=O)Cl.Cc1cnc(Nc2cnn(C3CCN(S(C)(=O)=O)CC3)c2)nc1-c1ccc(C(=O)CCC2(C#N)CC2)cc1.Cc1cnc(Nc2cnn(C3CCN(S(C)(=O)=O)CC3)c2)nc1-c1ccc(C(=O)O)cc1.N#CC1(CN)CC1.O.[Li+].[OH-]. The van der Waals surface area contributed by atoms with Gasteiger partial charge in [0.2, 0.25) is 62.9 Å². The van der Waals surface area contributed by atoms with E-state index in [1.165, 1.54) is 45.9 Å². The van der Waals surface area contributed by atoms with Crippen LogP contribution in [0, 0.1) is 61.2 Å². The van der Waals surface area contributed by atoms with Crippen molar-refractivity contribution >= 4 is 120 Å². The van der Waals surface area contributed by atoms with Gasteiger partial charge in [-0.2, -0.15) is 30.9 Å². The molecule has 4 aliphatic heterocycles. The second-order valence-electron chi connectivity index (χ2n) is 36.1. The Bertz CT molecular complexity index is 7110. The zero-order chi connectivity index (χ0) is 103. The molecule has 2 aliphatic carbocycles. The maximum Gasteiger partial charge on any atom is 1.00 e. The predicted octanol–water partition coefficient (Wildman–Crippen LogP) is 9.89. The summed E-state index contributed by atoms with van der Waals surface area (Å²) in [5.41, 5.74) is 19.9. The third-order valence-corrected chi connectivity index (χ3v) is 29.2. The molecule has 0 unspecified atom stereocenters. The van der Waals surface area contributed by atoms with Crippen molar-refractivity contribution in [3.8, 4) is 57.2 Å². The fourth-order valence-corrected chi connectivity index (χ4v) is 19.0. The van der Waals surface area contributed by atoms with E-state index < -0.39 is 45.1 Å². The summed E-state index contributed by atoms with van der Waals surface area (Å²) in [6, 6.07) is 33.6. The quantitative estimate of drug-likeness (QED) is 0.0109. The number of aromatic nitrogens is 16. The first-order valence-electron chi connectivity index (χ1n) is 46.5. The number of nitriles is 2. The molecule has 148 heavy (non-hydrogen) atoms. The van der Waals surface area contributed by atoms with Crippen molar-refractivity contribution in [2.24, 2.45) is 16.6 Å². The molecule has 12 aromatic rings. The molecular formula is C98H123ClLiN27O17S4. The van der Waals surface area contributed by atoms with Crippen molar-refractivity contribution in [1.82, 2.24) is 97.2 Å². The Balaban J connectivity index is 0.000000210. The summed E-state index contributed by atoms with van der Waals surface area (Å²) >= 11 is 0. The van der Waals surface area contributed by atoms with Gasteiger partial charge < -0.3 is 57.9 Å². The molecule has 44 nitrogen and oxygen atoms in total. The summed E-state index contributed by atoms with van der Waals surface area (Å²) in [7, 11) is -5.45. The largest absolute Gasteiger partial charge is 1.00 e. The first-order chi connectivity index (χ1) is 68.6. The number of hydrogen-bond acceptors (Lipinski definition) is 35. The number of Topliss-reactive ketones (excluding diaryl/α,β-unsaturated/α-hetero) is 1. The first kappa shape index (κ1) is 118. The van der Waals surface area contributed by atoms with E-state index in [-0.39, 0.29) is 89.5 Å². The van der Waals surface area contributed by atoms with Crippen LogP contribution in [0.4, 0.5) is 46.5 Å². The van der Waals surface area contributed by atoms with E-state index in [1.807, 2.05) is 120 Å². The number of rotatable bonds is 27. The van der Waals surface area contributed by atoms with Gasteiger partial charge in [-0.1, -0.05) is 68.1 Å². The fourth-order valence-electron chi connectivity index (χ4n) is 16.4. The molecule has 6 fully saturated rings. The Morgan fingerprint density at radius 2 is 0.689 bits per heavy atom. The molecule has 18 rings (SSSR count). The number of halogens is 1. The molecule has 6 aliphatic rings. The molecular weight excluding hydrogens is 2000 g/mol. The fraction of sp³-hybridized carbons (Fsp3) is 0.408. The van der Waals surface area contributed by atoms with Gasteiger partial charge in [0, 0.05) is 140 Å². The van der Waals surface area contributed by atoms with Crippen LogP contribution >= 0.6 is 10.7 Å². The molecule has 12 heterocycles. The van der Waals surface area contributed by atoms with Crippen LogP contribution in [0.2, 0.25) is 0 Å². The monoisotopic (exact) mass is 2120 g/mol. The molecule has 8 aromatic heterocycles. The Hall–Kier alpha value is -13.3. The van der Waals surface area contributed by atoms with Crippen molar-refractivity contribution in [2.45, 2.75) is 149 Å². The number of nitrogens with two attached hydrogens (primary N) is 1. The maximum absolute atomic E-state index is 12.6. The standard InChI is InChI=1S/C27H31N7O3S.C22H26N6O4S.C21H24N6O4S.C21H24N6O2.C5H8N2.CH3ClO2S.CH4.Li.2H2O/c1-19-15-29-26(31-22-16-30-34(17-22)23-8-13-33(14-9-23)38(2,36)37)32-25(19)21-5-3-20(4-6-21)24(35)7-10-27(18-28)11-12-27;1-15-12-23-22(26-20(15)16-4-6-17(7-5-16)21(29)32-2)25-18-13-24-28(14-18)19-8-10-27(11-9-19)33(3,30)31;1-14-11-22-21(25-19(14)15-3-5-16(6-4-15)20(28)29)24-17-12-23-27(13-17)18-7-9-26(10-8-18)32(2,30)31;1-14-11-23-21(25-17-12-24-27(13-17)18-7-9-22-10-8-18)26-19(14)15-3-5-16(6-4-15)20(28)29-2;6-3-5(4-7)1-2-5;1-5(2,3)4;;;;/h3-6,15-17,23H,7-14H2,1-2H3,(H,29,31,32);4-7,12-14,19H,8-11H2,1-3H3,(H,23,25,26);3-6,11-13,18H,7-10H2,1-2H3,(H,28,29)(H,22,24,25);3-6,11-13,18,22H,7-10H2,1-2H3,(H,23,25,26);1-3,6H2;1H3;1H4;;2*1H2/q;;;;;;;+1;;/p-1. The molecule has 4 aromatic carbocycles. The second kappa shape index (κ2) is 52.5. The number of benzene rings is 4. The van der Waals surface area contributed by atoms with Crippen LogP contribution in [-0.2, 0) is 48.6 Å². The van der Waals surface area contributed by atoms with Crippen molar-refractivity contribution in [1.29, 1.82) is 10.5 Å². The van der Waals surface area contributed by atoms with Gasteiger partial charge >= 0.3 is 36.8 Å². The number of aromatic carboxylic acids is 1. The molecule has 784 valence electrons. The number of aryl methyl sites for hydroxylation is 4. The number of carbonyl (C=O) groups is 4. The van der Waals surface area contributed by atoms with Crippen LogP contribution in [0.1, 0.15) is 185 Å². The first-order valence-corrected chi connectivity index (χ1v) is 54.8. The van der Waals surface area contributed by atoms with E-state index >= 15 is 0 Å². The van der Waals surface area contributed by atoms with E-state index in [1.54, 1.807) is 98.1 Å². The van der Waals surface area contributed by atoms with Gasteiger partial charge in [0.1, 0.15) is 0 Å². The van der Waals surface area contributed by atoms with Gasteiger partial charge in [-0.25, -0.2) is 101 Å². The average Bonchev–Trinajstić information content (AvgIpc) is 1.66. The molecule has 0 atom stereocenters. The predicted molar refractivity (Wildman–Crippen MR) is 556 cm³/mol. The van der Waals surface area contributed by atoms with Crippen LogP contribution in [-0.4, -0.2) is 263 Å². The van der Waals surface area contributed by atoms with E-state index in [2.05, 4.69) is 105 Å². The number of nitrogens with zero attached hydrogens (tertiary/aromatic N) is 21. The van der Waals surface area contributed by atoms with Crippen LogP contribution in [0.3, 0.4) is 0 Å². The molecule has 50 heteroatoms. The Labute approximate surface area is 877 Å². The van der Waals surface area contributed by atoms with Gasteiger partial charge in [-0.15, -0.1) is 0 Å². The Kier molecular flexibility index (Phi) is 42.0. The summed E-state index contributed by atoms with van der Waals surface area (Å²) in [5, 5.41) is 60.6. The molecule has 2 saturated carbocycles. The molecule has 11 N–H and O–H groups in total. The zero-order valence-electron chi connectivity index (χ0n) is 83.3. The molecule has 4 saturated heterocycles. The number of ketones is 1. The van der Waals surface area contributed by atoms with E-state index in [4.69, 9.17) is 30.6 Å². The zero-order valence-corrected chi connectivity index (χ0v) is 87.4. The van der Waals surface area contributed by atoms with Gasteiger partial charge in [-0.3, -0.25) is 23.5 Å². The third kappa shape index (κ3) is 33.1. The summed E-state index contributed by atoms with van der Waals surface area (Å²) in [6.07, 6.45) is 37.4. The van der Waals surface area contributed by atoms with Crippen LogP contribution in [0.25, 0.3) is 45.0 Å². The molecule has 0 bridgehead atoms. The third-order valence-electron chi connectivity index (χ3n) is 25.2. The normalized spacial score (nSPS) is 15.7. The number of esters is 2. The van der Waals surface area contributed by atoms with E-state index in [0.717, 1.165) is 142 Å². The number of carboxylic acids is 1. The van der Waals surface area contributed by atoms with Gasteiger partial charge in [0.25, 0.3) is 0 Å². The number of carbonyl (C=O) groups excluding carboxylic acids is 3. The number of sulfonamides is 3. The van der Waals surface area contributed by atoms with Crippen LogP contribution in [0.15, 0.2) is 171 Å². The maximum atomic E-state index is 12.6. The van der Waals surface area contributed by atoms with Crippen LogP contribution in [0.5, 0.6) is 0 Å². The number of piperidine rings is 4. The number of anilines is 8. The summed E-state index contributed by atoms with van der Waals surface area (Å²) in [4.78, 5) is 83.1. The average molecular weight is 2120 g/mol. The van der Waals surface area contributed by atoms with Crippen LogP contribution < -0.4 is 51.2 Å². The number of ether oxygens (including phenoxy) is 2. The number of nitrogens with one attached hydrogen (secondary N) is 5. The Morgan fingerprint density at radius 1 is 0.439 bits per heavy atom. The second-order valence-corrected chi connectivity index (χ2v) is 45.1. The number of hydrogen-bond donors (Lipinski definition) is 7. The van der Waals surface area contributed by atoms with E-state index in [0.29, 0.717) is 149 Å². The minimum Gasteiger partial charge on any atom is -0.870 e. The number of carboxylic acid groups (broad SMARTS) is 1. The molecule has 0 radical (unpaired) electrons. The van der Waals surface area contributed by atoms with Gasteiger partial charge in [0.05, 0.1) is 173 Å². The summed E-state index contributed by atoms with van der Waals surface area (Å²) in [6.45, 7) is 13.2. The molecule has 0 spiro atoms. The summed E-state index contributed by atoms with van der Waals surface area (Å²) in [5.74, 6) is 0.108. The van der Waals surface area contributed by atoms with Crippen molar-refractivity contribution < 1.29 is 97.2 Å². The Morgan fingerprint density at radius 3 is 0.912 bits per heavy atom. The van der Waals surface area contributed by atoms with Crippen molar-refractivity contribution in [3.05, 3.63) is 216 Å². The minimum absolute atomic E-state index is 0. The van der Waals surface area contributed by atoms with Crippen molar-refractivity contribution in [2.75, 3.05) is 119 Å². The van der Waals surface area contributed by atoms with Crippen molar-refractivity contribution in [3.63, 3.8) is 0 Å². The topological polar surface area (TPSA) is 623 Å².